The van der Waals surface area contributed by atoms with Crippen molar-refractivity contribution >= 4 is 5.96 Å². The van der Waals surface area contributed by atoms with Crippen molar-refractivity contribution in [3.63, 3.8) is 0 Å². The van der Waals surface area contributed by atoms with Crippen LogP contribution in [0.4, 0.5) is 0 Å². The number of hydrogen-bond donors (Lipinski definition) is 2. The van der Waals surface area contributed by atoms with Gasteiger partial charge in [-0.2, -0.15) is 0 Å². The van der Waals surface area contributed by atoms with E-state index in [2.05, 4.69) is 16.9 Å². The molecule has 0 aliphatic carbocycles. The smallest absolute Gasteiger partial charge is 0.188 e. The van der Waals surface area contributed by atoms with Gasteiger partial charge < -0.3 is 15.8 Å². The van der Waals surface area contributed by atoms with Gasteiger partial charge in [0.15, 0.2) is 5.96 Å². The molecule has 1 saturated heterocycles. The van der Waals surface area contributed by atoms with E-state index < -0.39 is 0 Å². The number of aliphatic imine (C=N–C) groups is 1. The Morgan fingerprint density at radius 2 is 2.40 bits per heavy atom. The second-order valence-electron chi connectivity index (χ2n) is 4.03. The molecule has 1 aliphatic rings. The van der Waals surface area contributed by atoms with Crippen LogP contribution in [0.3, 0.4) is 0 Å². The number of rotatable bonds is 4. The topological polar surface area (TPSA) is 59.6 Å². The summed E-state index contributed by atoms with van der Waals surface area (Å²) in [6.07, 6.45) is 3.82. The molecular formula is C11H21N3O. The quantitative estimate of drug-likeness (QED) is 0.415. The van der Waals surface area contributed by atoms with Crippen LogP contribution in [0.15, 0.2) is 17.1 Å². The highest BCUT2D eigenvalue weighted by Gasteiger charge is 2.13. The summed E-state index contributed by atoms with van der Waals surface area (Å²) in [6.45, 7) is 7.91. The summed E-state index contributed by atoms with van der Waals surface area (Å²) in [4.78, 5) is 4.14. The lowest BCUT2D eigenvalue weighted by atomic mass is 10.1. The van der Waals surface area contributed by atoms with E-state index in [1.165, 1.54) is 12.8 Å². The molecule has 1 unspecified atom stereocenters. The highest BCUT2D eigenvalue weighted by molar-refractivity contribution is 5.77. The number of nitrogens with two attached hydrogens (primary N) is 1. The zero-order valence-corrected chi connectivity index (χ0v) is 9.46. The third-order valence-electron chi connectivity index (χ3n) is 2.30. The van der Waals surface area contributed by atoms with Crippen molar-refractivity contribution in [3.05, 3.63) is 12.2 Å². The van der Waals surface area contributed by atoms with Gasteiger partial charge in [-0.15, -0.1) is 0 Å². The van der Waals surface area contributed by atoms with Crippen molar-refractivity contribution in [1.29, 1.82) is 0 Å². The van der Waals surface area contributed by atoms with Gasteiger partial charge in [-0.3, -0.25) is 0 Å². The van der Waals surface area contributed by atoms with E-state index in [-0.39, 0.29) is 6.10 Å². The molecule has 1 rings (SSSR count). The highest BCUT2D eigenvalue weighted by atomic mass is 16.5. The van der Waals surface area contributed by atoms with E-state index in [0.717, 1.165) is 25.1 Å². The fourth-order valence-corrected chi connectivity index (χ4v) is 1.46. The van der Waals surface area contributed by atoms with Crippen molar-refractivity contribution in [2.75, 3.05) is 19.7 Å². The van der Waals surface area contributed by atoms with Gasteiger partial charge in [0.25, 0.3) is 0 Å². The van der Waals surface area contributed by atoms with Gasteiger partial charge in [0.05, 0.1) is 12.6 Å². The molecule has 0 radical (unpaired) electrons. The maximum Gasteiger partial charge on any atom is 0.188 e. The Morgan fingerprint density at radius 3 is 3.00 bits per heavy atom. The van der Waals surface area contributed by atoms with Crippen LogP contribution in [0.25, 0.3) is 0 Å². The van der Waals surface area contributed by atoms with E-state index >= 15 is 0 Å². The van der Waals surface area contributed by atoms with Crippen LogP contribution in [0.2, 0.25) is 0 Å². The maximum absolute atomic E-state index is 5.68. The molecule has 0 spiro atoms. The molecule has 3 N–H and O–H groups in total. The predicted molar refractivity (Wildman–Crippen MR) is 62.9 cm³/mol. The Hall–Kier alpha value is -1.03. The summed E-state index contributed by atoms with van der Waals surface area (Å²) >= 11 is 0. The zero-order valence-electron chi connectivity index (χ0n) is 9.46. The second kappa shape index (κ2) is 6.45. The first-order chi connectivity index (χ1) is 7.18. The molecule has 15 heavy (non-hydrogen) atoms. The van der Waals surface area contributed by atoms with Gasteiger partial charge in [-0.25, -0.2) is 4.99 Å². The lowest BCUT2D eigenvalue weighted by Gasteiger charge is -2.22. The average molecular weight is 211 g/mol. The number of guanidine groups is 1. The summed E-state index contributed by atoms with van der Waals surface area (Å²) in [7, 11) is 0. The van der Waals surface area contributed by atoms with Gasteiger partial charge in [-0.1, -0.05) is 12.2 Å². The fraction of sp³-hybridized carbons (Fsp3) is 0.727. The Kier molecular flexibility index (Phi) is 5.18. The normalized spacial score (nSPS) is 22.5. The van der Waals surface area contributed by atoms with Crippen molar-refractivity contribution in [2.24, 2.45) is 10.7 Å². The molecule has 0 aromatic carbocycles. The Morgan fingerprint density at radius 1 is 1.60 bits per heavy atom. The van der Waals surface area contributed by atoms with E-state index in [4.69, 9.17) is 10.5 Å². The minimum Gasteiger partial charge on any atom is -0.376 e. The molecule has 0 bridgehead atoms. The minimum atomic E-state index is 0.289. The molecule has 1 fully saturated rings. The largest absolute Gasteiger partial charge is 0.376 e. The summed E-state index contributed by atoms with van der Waals surface area (Å²) in [5.74, 6) is 0.479. The standard InChI is InChI=1S/C11H21N3O/c1-9(2)7-13-11(12)14-8-10-5-3-4-6-15-10/h10H,1,3-8H2,2H3,(H3,12,13,14). The molecule has 4 heteroatoms. The molecule has 1 heterocycles. The number of nitrogens with one attached hydrogen (secondary N) is 1. The summed E-state index contributed by atoms with van der Waals surface area (Å²) in [6, 6.07) is 0. The number of ether oxygens (including phenoxy) is 1. The van der Waals surface area contributed by atoms with Crippen LogP contribution >= 0.6 is 0 Å². The highest BCUT2D eigenvalue weighted by Crippen LogP contribution is 2.11. The van der Waals surface area contributed by atoms with Gasteiger partial charge in [0.1, 0.15) is 0 Å². The Bertz CT molecular complexity index is 232. The molecule has 0 aromatic rings. The Labute approximate surface area is 91.6 Å². The van der Waals surface area contributed by atoms with Gasteiger partial charge in [0.2, 0.25) is 0 Å². The minimum absolute atomic E-state index is 0.289. The van der Waals surface area contributed by atoms with Crippen molar-refractivity contribution in [2.45, 2.75) is 32.3 Å². The van der Waals surface area contributed by atoms with E-state index in [9.17, 15) is 0 Å². The van der Waals surface area contributed by atoms with E-state index in [1.807, 2.05) is 6.92 Å². The first-order valence-corrected chi connectivity index (χ1v) is 5.48. The van der Waals surface area contributed by atoms with Crippen LogP contribution in [0, 0.1) is 0 Å². The van der Waals surface area contributed by atoms with Crippen LogP contribution < -0.4 is 11.1 Å². The molecule has 0 saturated carbocycles. The van der Waals surface area contributed by atoms with E-state index in [1.54, 1.807) is 0 Å². The van der Waals surface area contributed by atoms with Gasteiger partial charge >= 0.3 is 0 Å². The summed E-state index contributed by atoms with van der Waals surface area (Å²) in [5, 5.41) is 3.07. The van der Waals surface area contributed by atoms with Gasteiger partial charge in [-0.05, 0) is 26.2 Å². The lowest BCUT2D eigenvalue weighted by molar-refractivity contribution is 0.0195. The van der Waals surface area contributed by atoms with Crippen LogP contribution in [0.1, 0.15) is 26.2 Å². The third kappa shape index (κ3) is 5.42. The maximum atomic E-state index is 5.68. The summed E-state index contributed by atoms with van der Waals surface area (Å²) < 4.78 is 5.56. The van der Waals surface area contributed by atoms with Crippen molar-refractivity contribution in [3.8, 4) is 0 Å². The monoisotopic (exact) mass is 211 g/mol. The van der Waals surface area contributed by atoms with Crippen molar-refractivity contribution in [1.82, 2.24) is 5.32 Å². The SMILES string of the molecule is C=C(C)CN=C(N)NCC1CCCCO1. The third-order valence-corrected chi connectivity index (χ3v) is 2.30. The molecule has 1 aliphatic heterocycles. The Balaban J connectivity index is 2.17. The predicted octanol–water partition coefficient (Wildman–Crippen LogP) is 1.04. The zero-order chi connectivity index (χ0) is 11.1. The molecule has 0 amide bonds. The molecule has 4 nitrogen and oxygen atoms in total. The average Bonchev–Trinajstić information content (AvgIpc) is 2.25. The number of nitrogens with zero attached hydrogens (tertiary/aromatic N) is 1. The second-order valence-corrected chi connectivity index (χ2v) is 4.03. The van der Waals surface area contributed by atoms with Crippen molar-refractivity contribution < 1.29 is 4.74 Å². The van der Waals surface area contributed by atoms with E-state index in [0.29, 0.717) is 12.5 Å². The van der Waals surface area contributed by atoms with Crippen LogP contribution in [-0.2, 0) is 4.74 Å². The van der Waals surface area contributed by atoms with Crippen LogP contribution in [-0.4, -0.2) is 31.8 Å². The molecule has 1 atom stereocenters. The molecule has 0 aromatic heterocycles. The summed E-state index contributed by atoms with van der Waals surface area (Å²) in [5.41, 5.74) is 6.69. The molecular weight excluding hydrogens is 190 g/mol. The first kappa shape index (κ1) is 12.0. The van der Waals surface area contributed by atoms with Gasteiger partial charge in [0, 0.05) is 13.2 Å². The van der Waals surface area contributed by atoms with Crippen LogP contribution in [0.5, 0.6) is 0 Å². The fourth-order valence-electron chi connectivity index (χ4n) is 1.46. The lowest BCUT2D eigenvalue weighted by Crippen LogP contribution is -2.39. The first-order valence-electron chi connectivity index (χ1n) is 5.48. The number of hydrogen-bond acceptors (Lipinski definition) is 2. The molecule has 86 valence electrons.